The Labute approximate surface area is 137 Å². The Morgan fingerprint density at radius 1 is 1.17 bits per heavy atom. The van der Waals surface area contributed by atoms with Gasteiger partial charge in [-0.1, -0.05) is 12.1 Å². The van der Waals surface area contributed by atoms with Crippen molar-refractivity contribution < 1.29 is 14.3 Å². The Hall–Kier alpha value is -1.59. The second-order valence-corrected chi connectivity index (χ2v) is 6.64. The van der Waals surface area contributed by atoms with Crippen LogP contribution in [0.15, 0.2) is 18.2 Å². The first kappa shape index (κ1) is 15.0. The number of carbonyl (C=O) groups excluding carboxylic acids is 1. The van der Waals surface area contributed by atoms with Crippen LogP contribution in [0.4, 0.5) is 0 Å². The smallest absolute Gasteiger partial charge is 0.251 e. The van der Waals surface area contributed by atoms with Crippen LogP contribution >= 0.6 is 0 Å². The molecule has 1 amide bonds. The molecule has 3 aliphatic rings. The summed E-state index contributed by atoms with van der Waals surface area (Å²) in [5, 5.41) is 0. The summed E-state index contributed by atoms with van der Waals surface area (Å²) >= 11 is 0. The van der Waals surface area contributed by atoms with Gasteiger partial charge in [-0.2, -0.15) is 0 Å². The van der Waals surface area contributed by atoms with Crippen LogP contribution in [0.25, 0.3) is 0 Å². The van der Waals surface area contributed by atoms with E-state index in [4.69, 9.17) is 9.47 Å². The molecule has 0 radical (unpaired) electrons. The number of rotatable bonds is 3. The molecule has 1 aromatic rings. The van der Waals surface area contributed by atoms with E-state index < -0.39 is 0 Å². The average molecular weight is 316 g/mol. The van der Waals surface area contributed by atoms with Crippen molar-refractivity contribution in [3.8, 4) is 5.75 Å². The highest BCUT2D eigenvalue weighted by molar-refractivity contribution is 5.81. The van der Waals surface area contributed by atoms with Crippen molar-refractivity contribution in [1.82, 2.24) is 9.80 Å². The molecule has 0 unspecified atom stereocenters. The second kappa shape index (κ2) is 6.49. The lowest BCUT2D eigenvalue weighted by Crippen LogP contribution is -2.51. The monoisotopic (exact) mass is 316 g/mol. The largest absolute Gasteiger partial charge is 0.493 e. The maximum Gasteiger partial charge on any atom is 0.251 e. The van der Waals surface area contributed by atoms with Gasteiger partial charge in [0.1, 0.15) is 11.9 Å². The lowest BCUT2D eigenvalue weighted by atomic mass is 10.1. The highest BCUT2D eigenvalue weighted by Gasteiger charge is 2.30. The lowest BCUT2D eigenvalue weighted by molar-refractivity contribution is -0.142. The molecular weight excluding hydrogens is 292 g/mol. The van der Waals surface area contributed by atoms with E-state index in [2.05, 4.69) is 23.1 Å². The van der Waals surface area contributed by atoms with Crippen LogP contribution in [0.1, 0.15) is 24.0 Å². The van der Waals surface area contributed by atoms with Crippen molar-refractivity contribution in [3.05, 3.63) is 29.3 Å². The molecule has 5 nitrogen and oxygen atoms in total. The zero-order valence-corrected chi connectivity index (χ0v) is 13.5. The van der Waals surface area contributed by atoms with Crippen LogP contribution < -0.4 is 4.74 Å². The van der Waals surface area contributed by atoms with E-state index >= 15 is 0 Å². The summed E-state index contributed by atoms with van der Waals surface area (Å²) in [5.74, 6) is 1.23. The van der Waals surface area contributed by atoms with E-state index in [0.29, 0.717) is 0 Å². The maximum atomic E-state index is 12.4. The number of carbonyl (C=O) groups is 1. The third-order valence-corrected chi connectivity index (χ3v) is 5.05. The summed E-state index contributed by atoms with van der Waals surface area (Å²) in [6, 6.07) is 6.52. The number of benzene rings is 1. The van der Waals surface area contributed by atoms with Crippen molar-refractivity contribution in [1.29, 1.82) is 0 Å². The van der Waals surface area contributed by atoms with Crippen molar-refractivity contribution >= 4 is 5.91 Å². The van der Waals surface area contributed by atoms with Crippen molar-refractivity contribution in [2.45, 2.75) is 31.9 Å². The fourth-order valence-corrected chi connectivity index (χ4v) is 3.70. The number of hydrogen-bond donors (Lipinski definition) is 0. The van der Waals surface area contributed by atoms with Crippen molar-refractivity contribution in [2.24, 2.45) is 0 Å². The van der Waals surface area contributed by atoms with Crippen LogP contribution in [-0.2, 0) is 22.5 Å². The molecule has 0 spiro atoms. The average Bonchev–Trinajstić information content (AvgIpc) is 3.26. The Morgan fingerprint density at radius 2 is 2.04 bits per heavy atom. The minimum absolute atomic E-state index is 0.182. The highest BCUT2D eigenvalue weighted by atomic mass is 16.5. The Kier molecular flexibility index (Phi) is 4.23. The number of ether oxygens (including phenoxy) is 2. The number of hydrogen-bond acceptors (Lipinski definition) is 4. The second-order valence-electron chi connectivity index (χ2n) is 6.64. The zero-order chi connectivity index (χ0) is 15.6. The van der Waals surface area contributed by atoms with E-state index in [1.54, 1.807) is 0 Å². The molecular formula is C18H24N2O3. The first-order valence-corrected chi connectivity index (χ1v) is 8.67. The molecule has 0 N–H and O–H groups in total. The summed E-state index contributed by atoms with van der Waals surface area (Å²) in [7, 11) is 0. The number of nitrogens with zero attached hydrogens (tertiary/aromatic N) is 2. The van der Waals surface area contributed by atoms with Crippen LogP contribution in [0.2, 0.25) is 0 Å². The number of fused-ring (bicyclic) bond motifs is 1. The van der Waals surface area contributed by atoms with E-state index in [1.165, 1.54) is 11.1 Å². The molecule has 23 heavy (non-hydrogen) atoms. The minimum Gasteiger partial charge on any atom is -0.493 e. The van der Waals surface area contributed by atoms with Gasteiger partial charge < -0.3 is 14.4 Å². The van der Waals surface area contributed by atoms with Crippen molar-refractivity contribution in [2.75, 3.05) is 39.4 Å². The molecule has 1 aromatic carbocycles. The normalized spacial score (nSPS) is 24.5. The van der Waals surface area contributed by atoms with Gasteiger partial charge in [-0.15, -0.1) is 0 Å². The van der Waals surface area contributed by atoms with Gasteiger partial charge in [0.05, 0.1) is 6.61 Å². The molecule has 2 saturated heterocycles. The maximum absolute atomic E-state index is 12.4. The Bertz CT molecular complexity index is 576. The van der Waals surface area contributed by atoms with Crippen LogP contribution in [0, 0.1) is 0 Å². The molecule has 3 heterocycles. The summed E-state index contributed by atoms with van der Waals surface area (Å²) in [5.41, 5.74) is 2.67. The van der Waals surface area contributed by atoms with E-state index in [9.17, 15) is 4.79 Å². The molecule has 0 bridgehead atoms. The fourth-order valence-electron chi connectivity index (χ4n) is 3.70. The predicted octanol–water partition coefficient (Wildman–Crippen LogP) is 1.44. The fraction of sp³-hybridized carbons (Fsp3) is 0.611. The number of piperazine rings is 1. The molecule has 0 aliphatic carbocycles. The Morgan fingerprint density at radius 3 is 2.83 bits per heavy atom. The molecule has 3 aliphatic heterocycles. The first-order valence-electron chi connectivity index (χ1n) is 8.67. The molecule has 0 aromatic heterocycles. The zero-order valence-electron chi connectivity index (χ0n) is 13.5. The van der Waals surface area contributed by atoms with Crippen LogP contribution in [0.3, 0.4) is 0 Å². The molecule has 5 heteroatoms. The Balaban J connectivity index is 1.30. The third kappa shape index (κ3) is 3.21. The molecule has 2 fully saturated rings. The molecule has 4 rings (SSSR count). The SMILES string of the molecule is O=C([C@H]1CCCO1)N1CCN(Cc2ccc3c(c2)CCO3)CC1. The van der Waals surface area contributed by atoms with E-state index in [0.717, 1.165) is 70.9 Å². The van der Waals surface area contributed by atoms with Gasteiger partial charge in [0, 0.05) is 45.8 Å². The molecule has 124 valence electrons. The van der Waals surface area contributed by atoms with Crippen LogP contribution in [-0.4, -0.2) is 61.2 Å². The first-order chi connectivity index (χ1) is 11.3. The van der Waals surface area contributed by atoms with Gasteiger partial charge in [0.2, 0.25) is 0 Å². The van der Waals surface area contributed by atoms with E-state index in [-0.39, 0.29) is 12.0 Å². The lowest BCUT2D eigenvalue weighted by Gasteiger charge is -2.35. The highest BCUT2D eigenvalue weighted by Crippen LogP contribution is 2.26. The number of amides is 1. The summed E-state index contributed by atoms with van der Waals surface area (Å²) in [6.07, 6.45) is 2.74. The van der Waals surface area contributed by atoms with Crippen molar-refractivity contribution in [3.63, 3.8) is 0 Å². The van der Waals surface area contributed by atoms with Gasteiger partial charge in [-0.3, -0.25) is 9.69 Å². The van der Waals surface area contributed by atoms with E-state index in [1.807, 2.05) is 4.90 Å². The summed E-state index contributed by atoms with van der Waals surface area (Å²) < 4.78 is 11.1. The van der Waals surface area contributed by atoms with Crippen LogP contribution in [0.5, 0.6) is 5.75 Å². The third-order valence-electron chi connectivity index (χ3n) is 5.05. The van der Waals surface area contributed by atoms with Gasteiger partial charge in [0.15, 0.2) is 0 Å². The van der Waals surface area contributed by atoms with Gasteiger partial charge in [-0.05, 0) is 30.0 Å². The topological polar surface area (TPSA) is 42.0 Å². The van der Waals surface area contributed by atoms with Gasteiger partial charge >= 0.3 is 0 Å². The minimum atomic E-state index is -0.182. The summed E-state index contributed by atoms with van der Waals surface area (Å²) in [6.45, 7) is 5.99. The summed E-state index contributed by atoms with van der Waals surface area (Å²) in [4.78, 5) is 16.8. The van der Waals surface area contributed by atoms with Gasteiger partial charge in [0.25, 0.3) is 5.91 Å². The standard InChI is InChI=1S/C18H24N2O3/c21-18(17-2-1-10-22-17)20-8-6-19(7-9-20)13-14-3-4-16-15(12-14)5-11-23-16/h3-4,12,17H,1-2,5-11,13H2/t17-/m1/s1. The molecule has 1 atom stereocenters. The quantitative estimate of drug-likeness (QED) is 0.846. The molecule has 0 saturated carbocycles. The predicted molar refractivity (Wildman–Crippen MR) is 86.5 cm³/mol. The van der Waals surface area contributed by atoms with Gasteiger partial charge in [-0.25, -0.2) is 0 Å².